The Hall–Kier alpha value is 0.540. The molecule has 0 heterocycles. The minimum Gasteiger partial charge on any atom is -0.279 e. The van der Waals surface area contributed by atoms with E-state index in [0.29, 0.717) is 6.61 Å². The molecule has 0 aliphatic heterocycles. The Bertz CT molecular complexity index is 61.1. The zero-order valence-electron chi connectivity index (χ0n) is 6.82. The molecule has 0 radical (unpaired) electrons. The first-order valence-electron chi connectivity index (χ1n) is 4.21. The van der Waals surface area contributed by atoms with Gasteiger partial charge in [-0.3, -0.25) is 4.29 Å². The number of hydrogen-bond donors (Lipinski definition) is 0. The zero-order valence-corrected chi connectivity index (χ0v) is 8.33. The molecule has 0 rings (SSSR count). The molecule has 0 amide bonds. The van der Waals surface area contributed by atoms with Gasteiger partial charge in [0.15, 0.2) is 0 Å². The number of unbranched alkanes of at least 4 members (excludes halogenated alkanes) is 5. The van der Waals surface area contributed by atoms with Gasteiger partial charge in [0, 0.05) is 5.88 Å². The normalized spacial score (nSPS) is 10.4. The molecule has 0 fully saturated rings. The summed E-state index contributed by atoms with van der Waals surface area (Å²) in [6, 6.07) is 0. The molecule has 0 saturated heterocycles. The minimum atomic E-state index is 0.678. The Labute approximate surface area is 79.2 Å². The van der Waals surface area contributed by atoms with Crippen LogP contribution in [0.5, 0.6) is 0 Å². The van der Waals surface area contributed by atoms with Gasteiger partial charge < -0.3 is 0 Å². The maximum absolute atomic E-state index is 5.53. The molecule has 0 atom stereocenters. The molecule has 0 aliphatic carbocycles. The van der Waals surface area contributed by atoms with Crippen LogP contribution in [0.4, 0.5) is 0 Å². The van der Waals surface area contributed by atoms with E-state index < -0.39 is 0 Å². The Morgan fingerprint density at radius 2 is 1.36 bits per heavy atom. The first-order valence-corrected chi connectivity index (χ1v) is 5.05. The Morgan fingerprint density at radius 1 is 0.818 bits per heavy atom. The summed E-state index contributed by atoms with van der Waals surface area (Å²) in [4.78, 5) is 0. The lowest BCUT2D eigenvalue weighted by atomic mass is 10.1. The van der Waals surface area contributed by atoms with Crippen LogP contribution in [-0.4, -0.2) is 12.5 Å². The van der Waals surface area contributed by atoms with E-state index in [4.69, 9.17) is 23.5 Å². The van der Waals surface area contributed by atoms with Crippen molar-refractivity contribution in [1.29, 1.82) is 0 Å². The first kappa shape index (κ1) is 11.5. The molecule has 0 aromatic heterocycles. The van der Waals surface area contributed by atoms with E-state index in [-0.39, 0.29) is 0 Å². The standard InChI is InChI=1S/C8H16Cl2O/c9-7-5-3-1-2-4-6-8-11-10/h1-8H2. The Kier molecular flexibility index (Phi) is 11.1. The monoisotopic (exact) mass is 198 g/mol. The second kappa shape index (κ2) is 10.5. The van der Waals surface area contributed by atoms with Crippen molar-refractivity contribution in [3.05, 3.63) is 0 Å². The molecule has 0 bridgehead atoms. The summed E-state index contributed by atoms with van der Waals surface area (Å²) in [5.41, 5.74) is 0. The van der Waals surface area contributed by atoms with Crippen LogP contribution in [0.15, 0.2) is 0 Å². The van der Waals surface area contributed by atoms with Crippen LogP contribution in [0.2, 0.25) is 0 Å². The van der Waals surface area contributed by atoms with Gasteiger partial charge in [0.2, 0.25) is 0 Å². The average Bonchev–Trinajstić information content (AvgIpc) is 2.03. The quantitative estimate of drug-likeness (QED) is 0.427. The maximum atomic E-state index is 5.53. The second-order valence-electron chi connectivity index (χ2n) is 2.62. The molecule has 0 spiro atoms. The molecular weight excluding hydrogens is 183 g/mol. The molecule has 0 aliphatic rings. The van der Waals surface area contributed by atoms with Crippen LogP contribution in [0.3, 0.4) is 0 Å². The summed E-state index contributed by atoms with van der Waals surface area (Å²) in [6.45, 7) is 0.678. The van der Waals surface area contributed by atoms with Gasteiger partial charge >= 0.3 is 0 Å². The van der Waals surface area contributed by atoms with E-state index in [2.05, 4.69) is 4.29 Å². The highest BCUT2D eigenvalue weighted by Gasteiger charge is 1.90. The topological polar surface area (TPSA) is 9.23 Å². The molecule has 1 nitrogen and oxygen atoms in total. The zero-order chi connectivity index (χ0) is 8.36. The van der Waals surface area contributed by atoms with Gasteiger partial charge in [-0.05, 0) is 12.8 Å². The van der Waals surface area contributed by atoms with E-state index in [1.54, 1.807) is 0 Å². The Morgan fingerprint density at radius 3 is 1.91 bits per heavy atom. The Balaban J connectivity index is 2.69. The lowest BCUT2D eigenvalue weighted by Crippen LogP contribution is -1.85. The van der Waals surface area contributed by atoms with Gasteiger partial charge in [0.05, 0.1) is 18.5 Å². The van der Waals surface area contributed by atoms with Crippen molar-refractivity contribution in [2.45, 2.75) is 38.5 Å². The number of rotatable bonds is 8. The third-order valence-corrected chi connectivity index (χ3v) is 2.03. The highest BCUT2D eigenvalue weighted by molar-refractivity contribution is 6.17. The summed E-state index contributed by atoms with van der Waals surface area (Å²) >= 11 is 10.6. The minimum absolute atomic E-state index is 0.678. The molecule has 0 saturated carbocycles. The highest BCUT2D eigenvalue weighted by atomic mass is 35.5. The van der Waals surface area contributed by atoms with Gasteiger partial charge in [-0.25, -0.2) is 0 Å². The second-order valence-corrected chi connectivity index (χ2v) is 3.22. The van der Waals surface area contributed by atoms with E-state index in [1.165, 1.54) is 25.7 Å². The number of alkyl halides is 1. The summed E-state index contributed by atoms with van der Waals surface area (Å²) in [7, 11) is 0. The molecule has 3 heteroatoms. The summed E-state index contributed by atoms with van der Waals surface area (Å²) in [5.74, 6) is 0.796. The van der Waals surface area contributed by atoms with E-state index in [1.807, 2.05) is 0 Å². The van der Waals surface area contributed by atoms with Crippen molar-refractivity contribution in [2.24, 2.45) is 0 Å². The van der Waals surface area contributed by atoms with Crippen LogP contribution >= 0.6 is 23.5 Å². The fraction of sp³-hybridized carbons (Fsp3) is 1.00. The molecule has 11 heavy (non-hydrogen) atoms. The van der Waals surface area contributed by atoms with Crippen LogP contribution in [0.25, 0.3) is 0 Å². The van der Waals surface area contributed by atoms with Gasteiger partial charge in [0.1, 0.15) is 0 Å². The fourth-order valence-corrected chi connectivity index (χ4v) is 1.26. The van der Waals surface area contributed by atoms with E-state index in [0.717, 1.165) is 18.7 Å². The molecule has 0 aromatic carbocycles. The predicted octanol–water partition coefficient (Wildman–Crippen LogP) is 3.74. The largest absolute Gasteiger partial charge is 0.279 e. The van der Waals surface area contributed by atoms with Crippen LogP contribution in [0.1, 0.15) is 38.5 Å². The highest BCUT2D eigenvalue weighted by Crippen LogP contribution is 2.06. The van der Waals surface area contributed by atoms with Gasteiger partial charge in [0.25, 0.3) is 0 Å². The molecule has 0 unspecified atom stereocenters. The first-order chi connectivity index (χ1) is 5.41. The summed E-state index contributed by atoms with van der Waals surface area (Å²) < 4.78 is 4.42. The molecule has 68 valence electrons. The van der Waals surface area contributed by atoms with Gasteiger partial charge in [-0.1, -0.05) is 25.7 Å². The summed E-state index contributed by atoms with van der Waals surface area (Å²) in [5, 5.41) is 0. The maximum Gasteiger partial charge on any atom is 0.0682 e. The van der Waals surface area contributed by atoms with Crippen molar-refractivity contribution in [1.82, 2.24) is 0 Å². The van der Waals surface area contributed by atoms with Crippen molar-refractivity contribution in [2.75, 3.05) is 12.5 Å². The lowest BCUT2D eigenvalue weighted by molar-refractivity contribution is 0.335. The van der Waals surface area contributed by atoms with Crippen LogP contribution in [0, 0.1) is 0 Å². The molecule has 0 aromatic rings. The van der Waals surface area contributed by atoms with Crippen LogP contribution < -0.4 is 0 Å². The lowest BCUT2D eigenvalue weighted by Gasteiger charge is -1.98. The van der Waals surface area contributed by atoms with Gasteiger partial charge in [-0.15, -0.1) is 11.6 Å². The van der Waals surface area contributed by atoms with Crippen LogP contribution in [-0.2, 0) is 4.29 Å². The molecular formula is C8H16Cl2O. The van der Waals surface area contributed by atoms with E-state index in [9.17, 15) is 0 Å². The van der Waals surface area contributed by atoms with Crippen molar-refractivity contribution < 1.29 is 4.29 Å². The smallest absolute Gasteiger partial charge is 0.0682 e. The van der Waals surface area contributed by atoms with Gasteiger partial charge in [-0.2, -0.15) is 0 Å². The summed E-state index contributed by atoms with van der Waals surface area (Å²) in [6.07, 6.45) is 7.25. The molecule has 0 N–H and O–H groups in total. The van der Waals surface area contributed by atoms with E-state index >= 15 is 0 Å². The average molecular weight is 199 g/mol. The van der Waals surface area contributed by atoms with Crippen molar-refractivity contribution in [3.63, 3.8) is 0 Å². The third kappa shape index (κ3) is 10.5. The fourth-order valence-electron chi connectivity index (χ4n) is 0.958. The van der Waals surface area contributed by atoms with Crippen molar-refractivity contribution in [3.8, 4) is 0 Å². The SMILES string of the molecule is ClCCCCCCCCOCl. The third-order valence-electron chi connectivity index (χ3n) is 1.61. The predicted molar refractivity (Wildman–Crippen MR) is 50.2 cm³/mol. The number of halogens is 2. The van der Waals surface area contributed by atoms with Crippen molar-refractivity contribution >= 4 is 23.5 Å². The number of hydrogen-bond acceptors (Lipinski definition) is 1.